The first-order chi connectivity index (χ1) is 40.2. The van der Waals surface area contributed by atoms with Crippen LogP contribution in [0, 0.1) is 6.92 Å². The number of hydrogen-bond acceptors (Lipinski definition) is 13. The summed E-state index contributed by atoms with van der Waals surface area (Å²) < 4.78 is 18.2. The standard InChI is InChI=1S/C66H50N6O11/c1-4-5-6-7-8-9-10-39-13-15-40(16-14-39)67-68-41-31-43(71-62(76)53-29-25-49(36-57(53)65(71)79)82-47-23-27-51-55(34-47)60(74)69(3)59(51)73)33-44(32-41)72-63(77)54-30-26-50(37-58(54)66(72)80)83-48-24-28-52-56(35-48)64(78)70(61(52)75)42-17-21-46(22-18-42)81-45-19-11-38(2)12-20-45/h11-37H,4-10H2,1-3H3. The number of imide groups is 4. The molecule has 4 aliphatic rings. The van der Waals surface area contributed by atoms with Gasteiger partial charge < -0.3 is 14.2 Å². The smallest absolute Gasteiger partial charge is 0.266 e. The highest BCUT2D eigenvalue weighted by Crippen LogP contribution is 2.41. The van der Waals surface area contributed by atoms with Crippen molar-refractivity contribution < 1.29 is 52.6 Å². The number of anilines is 3. The topological polar surface area (TPSA) is 202 Å². The van der Waals surface area contributed by atoms with Crippen LogP contribution in [-0.4, -0.2) is 59.2 Å². The number of carbonyl (C=O) groups is 8. The maximum atomic E-state index is 14.5. The fourth-order valence-electron chi connectivity index (χ4n) is 10.5. The summed E-state index contributed by atoms with van der Waals surface area (Å²) in [5, 5.41) is 8.96. The van der Waals surface area contributed by atoms with Crippen LogP contribution >= 0.6 is 0 Å². The molecule has 410 valence electrons. The van der Waals surface area contributed by atoms with Gasteiger partial charge in [-0.2, -0.15) is 10.2 Å². The van der Waals surface area contributed by atoms with Gasteiger partial charge in [-0.05, 0) is 165 Å². The van der Waals surface area contributed by atoms with Crippen molar-refractivity contribution in [1.29, 1.82) is 0 Å². The third-order valence-corrected chi connectivity index (χ3v) is 14.9. The lowest BCUT2D eigenvalue weighted by atomic mass is 10.0. The van der Waals surface area contributed by atoms with Crippen molar-refractivity contribution in [3.8, 4) is 34.5 Å². The number of amides is 8. The molecule has 0 fully saturated rings. The number of rotatable bonds is 18. The highest BCUT2D eigenvalue weighted by atomic mass is 16.5. The minimum Gasteiger partial charge on any atom is -0.457 e. The zero-order valence-corrected chi connectivity index (χ0v) is 45.2. The Kier molecular flexibility index (Phi) is 13.9. The molecule has 8 aromatic carbocycles. The Balaban J connectivity index is 0.797. The molecule has 17 nitrogen and oxygen atoms in total. The van der Waals surface area contributed by atoms with Gasteiger partial charge in [0.15, 0.2) is 0 Å². The molecule has 0 radical (unpaired) electrons. The summed E-state index contributed by atoms with van der Waals surface area (Å²) in [6.07, 6.45) is 8.00. The van der Waals surface area contributed by atoms with E-state index in [9.17, 15) is 38.4 Å². The SMILES string of the molecule is CCCCCCCCc1ccc(N=Nc2cc(N3C(=O)c4ccc(Oc5ccc6c(c5)C(=O)N(C)C6=O)cc4C3=O)cc(N3C(=O)c4ccc(Oc5ccc6c(c5)C(=O)N(c5ccc(Oc7ccc(C)cc7)cc5)C6=O)cc4C3=O)c2)cc1. The molecule has 12 rings (SSSR count). The Hall–Kier alpha value is -10.7. The van der Waals surface area contributed by atoms with Crippen LogP contribution in [0.5, 0.6) is 34.5 Å². The van der Waals surface area contributed by atoms with Crippen LogP contribution in [-0.2, 0) is 6.42 Å². The highest BCUT2D eigenvalue weighted by Gasteiger charge is 2.42. The van der Waals surface area contributed by atoms with Gasteiger partial charge in [0, 0.05) is 7.05 Å². The summed E-state index contributed by atoms with van der Waals surface area (Å²) in [5.74, 6) is -3.02. The van der Waals surface area contributed by atoms with Crippen molar-refractivity contribution in [2.24, 2.45) is 10.2 Å². The maximum absolute atomic E-state index is 14.5. The molecule has 0 aliphatic carbocycles. The summed E-state index contributed by atoms with van der Waals surface area (Å²) >= 11 is 0. The maximum Gasteiger partial charge on any atom is 0.266 e. The van der Waals surface area contributed by atoms with Crippen LogP contribution in [0.1, 0.15) is 139 Å². The summed E-state index contributed by atoms with van der Waals surface area (Å²) in [6, 6.07) is 43.6. The summed E-state index contributed by atoms with van der Waals surface area (Å²) in [7, 11) is 1.39. The Morgan fingerprint density at radius 1 is 0.337 bits per heavy atom. The quantitative estimate of drug-likeness (QED) is 0.0449. The third-order valence-electron chi connectivity index (χ3n) is 14.9. The van der Waals surface area contributed by atoms with Crippen molar-refractivity contribution in [3.63, 3.8) is 0 Å². The number of nitrogens with zero attached hydrogens (tertiary/aromatic N) is 6. The molecule has 0 N–H and O–H groups in total. The van der Waals surface area contributed by atoms with Crippen LogP contribution in [0.15, 0.2) is 174 Å². The summed E-state index contributed by atoms with van der Waals surface area (Å²) in [4.78, 5) is 114. The fourth-order valence-corrected chi connectivity index (χ4v) is 10.5. The molecule has 17 heteroatoms. The number of aryl methyl sites for hydroxylation is 2. The lowest BCUT2D eigenvalue weighted by molar-refractivity contribution is 0.0690. The second-order valence-electron chi connectivity index (χ2n) is 20.5. The van der Waals surface area contributed by atoms with Gasteiger partial charge in [-0.15, -0.1) is 0 Å². The van der Waals surface area contributed by atoms with Gasteiger partial charge in [0.25, 0.3) is 47.3 Å². The van der Waals surface area contributed by atoms with Gasteiger partial charge in [0.1, 0.15) is 34.5 Å². The van der Waals surface area contributed by atoms with Crippen LogP contribution in [0.2, 0.25) is 0 Å². The van der Waals surface area contributed by atoms with E-state index in [-0.39, 0.29) is 84.6 Å². The van der Waals surface area contributed by atoms with Crippen molar-refractivity contribution in [2.75, 3.05) is 21.7 Å². The van der Waals surface area contributed by atoms with Gasteiger partial charge >= 0.3 is 0 Å². The molecule has 4 aliphatic heterocycles. The average Bonchev–Trinajstić information content (AvgIpc) is 4.25. The largest absolute Gasteiger partial charge is 0.457 e. The van der Waals surface area contributed by atoms with E-state index in [2.05, 4.69) is 17.2 Å². The van der Waals surface area contributed by atoms with Gasteiger partial charge in [0.2, 0.25) is 0 Å². The van der Waals surface area contributed by atoms with Crippen molar-refractivity contribution in [2.45, 2.75) is 58.8 Å². The van der Waals surface area contributed by atoms with Gasteiger partial charge in [-0.25, -0.2) is 14.7 Å². The number of hydrogen-bond donors (Lipinski definition) is 0. The van der Waals surface area contributed by atoms with Gasteiger partial charge in [-0.1, -0.05) is 68.9 Å². The average molecular weight is 1100 g/mol. The second-order valence-corrected chi connectivity index (χ2v) is 20.5. The number of benzene rings is 8. The molecule has 0 unspecified atom stereocenters. The molecule has 8 amide bonds. The van der Waals surface area contributed by atoms with Crippen molar-refractivity contribution in [3.05, 3.63) is 219 Å². The molecule has 0 atom stereocenters. The molecule has 4 heterocycles. The van der Waals surface area contributed by atoms with E-state index < -0.39 is 47.3 Å². The van der Waals surface area contributed by atoms with E-state index in [1.807, 2.05) is 55.5 Å². The molecule has 0 saturated heterocycles. The number of azo groups is 1. The predicted octanol–water partition coefficient (Wildman–Crippen LogP) is 14.3. The van der Waals surface area contributed by atoms with E-state index in [0.29, 0.717) is 22.9 Å². The molecular formula is C66H50N6O11. The Labute approximate surface area is 475 Å². The molecular weight excluding hydrogens is 1050 g/mol. The van der Waals surface area contributed by atoms with Crippen LogP contribution in [0.4, 0.5) is 28.4 Å². The van der Waals surface area contributed by atoms with E-state index in [1.165, 1.54) is 124 Å². The monoisotopic (exact) mass is 1100 g/mol. The molecule has 0 saturated carbocycles. The number of fused-ring (bicyclic) bond motifs is 4. The first kappa shape index (κ1) is 53.0. The molecule has 8 aromatic rings. The normalized spacial score (nSPS) is 14.3. The van der Waals surface area contributed by atoms with E-state index >= 15 is 0 Å². The van der Waals surface area contributed by atoms with E-state index in [0.717, 1.165) is 50.0 Å². The number of ether oxygens (including phenoxy) is 3. The van der Waals surface area contributed by atoms with Crippen LogP contribution < -0.4 is 28.9 Å². The highest BCUT2D eigenvalue weighted by molar-refractivity contribution is 6.37. The first-order valence-electron chi connectivity index (χ1n) is 27.1. The lowest BCUT2D eigenvalue weighted by Crippen LogP contribution is -2.31. The Bertz CT molecular complexity index is 4100. The van der Waals surface area contributed by atoms with Crippen molar-refractivity contribution >= 4 is 75.7 Å². The van der Waals surface area contributed by atoms with Crippen LogP contribution in [0.25, 0.3) is 0 Å². The minimum absolute atomic E-state index is 0.00535. The van der Waals surface area contributed by atoms with Gasteiger partial charge in [0.05, 0.1) is 72.9 Å². The summed E-state index contributed by atoms with van der Waals surface area (Å²) in [6.45, 7) is 4.17. The van der Waals surface area contributed by atoms with E-state index in [1.54, 1.807) is 24.3 Å². The molecule has 0 aromatic heterocycles. The predicted molar refractivity (Wildman–Crippen MR) is 308 cm³/mol. The first-order valence-corrected chi connectivity index (χ1v) is 27.1. The zero-order valence-electron chi connectivity index (χ0n) is 45.2. The molecule has 0 bridgehead atoms. The molecule has 83 heavy (non-hydrogen) atoms. The number of unbranched alkanes of at least 4 members (excludes halogenated alkanes) is 5. The number of carbonyl (C=O) groups excluding carboxylic acids is 8. The zero-order chi connectivity index (χ0) is 57.6. The van der Waals surface area contributed by atoms with Crippen LogP contribution in [0.3, 0.4) is 0 Å². The van der Waals surface area contributed by atoms with Gasteiger partial charge in [-0.3, -0.25) is 43.3 Å². The Morgan fingerprint density at radius 2 is 0.699 bits per heavy atom. The minimum atomic E-state index is -0.745. The van der Waals surface area contributed by atoms with E-state index in [4.69, 9.17) is 14.2 Å². The second kappa shape index (κ2) is 21.8. The summed E-state index contributed by atoms with van der Waals surface area (Å²) in [5.41, 5.74) is 3.92. The molecule has 0 spiro atoms. The third kappa shape index (κ3) is 10.1. The van der Waals surface area contributed by atoms with Crippen molar-refractivity contribution in [1.82, 2.24) is 4.90 Å². The Morgan fingerprint density at radius 3 is 1.18 bits per heavy atom. The fraction of sp³-hybridized carbons (Fsp3) is 0.152. The lowest BCUT2D eigenvalue weighted by Gasteiger charge is -2.19.